The van der Waals surface area contributed by atoms with E-state index in [0.29, 0.717) is 17.9 Å². The minimum atomic E-state index is 0.211. The molecule has 5 heteroatoms. The zero-order chi connectivity index (χ0) is 14.5. The summed E-state index contributed by atoms with van der Waals surface area (Å²) in [4.78, 5) is 0. The summed E-state index contributed by atoms with van der Waals surface area (Å²) in [5, 5.41) is 16.0. The highest BCUT2D eigenvalue weighted by atomic mass is 15.6. The van der Waals surface area contributed by atoms with Crippen molar-refractivity contribution in [2.75, 3.05) is 6.54 Å². The van der Waals surface area contributed by atoms with Crippen LogP contribution in [-0.4, -0.2) is 26.8 Å². The van der Waals surface area contributed by atoms with Crippen LogP contribution in [0, 0.1) is 11.8 Å². The molecule has 0 aliphatic heterocycles. The SMILES string of the molecule is CC(C)CNC(C)c1nnnn1C1CCCCCC1C. The van der Waals surface area contributed by atoms with E-state index in [1.165, 1.54) is 32.1 Å². The van der Waals surface area contributed by atoms with Crippen molar-refractivity contribution in [3.63, 3.8) is 0 Å². The van der Waals surface area contributed by atoms with Crippen LogP contribution in [0.4, 0.5) is 0 Å². The third kappa shape index (κ3) is 3.78. The summed E-state index contributed by atoms with van der Waals surface area (Å²) in [7, 11) is 0. The van der Waals surface area contributed by atoms with Gasteiger partial charge in [0, 0.05) is 0 Å². The maximum Gasteiger partial charge on any atom is 0.168 e. The predicted octanol–water partition coefficient (Wildman–Crippen LogP) is 3.12. The van der Waals surface area contributed by atoms with E-state index < -0.39 is 0 Å². The third-order valence-corrected chi connectivity index (χ3v) is 4.37. The molecule has 1 saturated carbocycles. The first-order valence-corrected chi connectivity index (χ1v) is 8.10. The fourth-order valence-corrected chi connectivity index (χ4v) is 3.06. The quantitative estimate of drug-likeness (QED) is 0.841. The smallest absolute Gasteiger partial charge is 0.168 e. The van der Waals surface area contributed by atoms with Crippen molar-refractivity contribution in [3.8, 4) is 0 Å². The second kappa shape index (κ2) is 7.16. The topological polar surface area (TPSA) is 55.6 Å². The van der Waals surface area contributed by atoms with E-state index in [2.05, 4.69) is 53.2 Å². The highest BCUT2D eigenvalue weighted by Gasteiger charge is 2.26. The highest BCUT2D eigenvalue weighted by molar-refractivity contribution is 4.93. The van der Waals surface area contributed by atoms with Crippen molar-refractivity contribution in [2.45, 2.75) is 71.9 Å². The number of nitrogens with zero attached hydrogens (tertiary/aromatic N) is 4. The fraction of sp³-hybridized carbons (Fsp3) is 0.933. The van der Waals surface area contributed by atoms with Gasteiger partial charge in [-0.15, -0.1) is 5.10 Å². The molecule has 1 aromatic heterocycles. The maximum absolute atomic E-state index is 4.30. The minimum Gasteiger partial charge on any atom is -0.307 e. The molecular weight excluding hydrogens is 250 g/mol. The minimum absolute atomic E-state index is 0.211. The van der Waals surface area contributed by atoms with Gasteiger partial charge in [0.05, 0.1) is 12.1 Å². The molecule has 0 bridgehead atoms. The first-order chi connectivity index (χ1) is 9.59. The number of tetrazole rings is 1. The van der Waals surface area contributed by atoms with Gasteiger partial charge in [0.2, 0.25) is 0 Å². The van der Waals surface area contributed by atoms with Crippen LogP contribution < -0.4 is 5.32 Å². The summed E-state index contributed by atoms with van der Waals surface area (Å²) in [6.45, 7) is 9.93. The van der Waals surface area contributed by atoms with Gasteiger partial charge in [0.25, 0.3) is 0 Å². The Hall–Kier alpha value is -0.970. The third-order valence-electron chi connectivity index (χ3n) is 4.37. The molecule has 0 spiro atoms. The van der Waals surface area contributed by atoms with Gasteiger partial charge in [-0.25, -0.2) is 4.68 Å². The normalized spacial score (nSPS) is 25.6. The summed E-state index contributed by atoms with van der Waals surface area (Å²) in [6, 6.07) is 0.675. The molecule has 114 valence electrons. The summed E-state index contributed by atoms with van der Waals surface area (Å²) >= 11 is 0. The van der Waals surface area contributed by atoms with Crippen LogP contribution >= 0.6 is 0 Å². The van der Waals surface area contributed by atoms with Crippen molar-refractivity contribution in [3.05, 3.63) is 5.82 Å². The first-order valence-electron chi connectivity index (χ1n) is 8.10. The van der Waals surface area contributed by atoms with Gasteiger partial charge in [-0.05, 0) is 48.6 Å². The van der Waals surface area contributed by atoms with Gasteiger partial charge < -0.3 is 5.32 Å². The Morgan fingerprint density at radius 2 is 1.95 bits per heavy atom. The van der Waals surface area contributed by atoms with Gasteiger partial charge in [0.15, 0.2) is 5.82 Å². The second-order valence-corrected chi connectivity index (χ2v) is 6.69. The van der Waals surface area contributed by atoms with Gasteiger partial charge in [-0.3, -0.25) is 0 Å². The fourth-order valence-electron chi connectivity index (χ4n) is 3.06. The van der Waals surface area contributed by atoms with Crippen molar-refractivity contribution >= 4 is 0 Å². The van der Waals surface area contributed by atoms with E-state index in [4.69, 9.17) is 0 Å². The Morgan fingerprint density at radius 1 is 1.20 bits per heavy atom. The summed E-state index contributed by atoms with van der Waals surface area (Å²) in [6.07, 6.45) is 6.48. The van der Waals surface area contributed by atoms with Crippen molar-refractivity contribution in [1.82, 2.24) is 25.5 Å². The van der Waals surface area contributed by atoms with Crippen molar-refractivity contribution in [2.24, 2.45) is 11.8 Å². The molecule has 5 nitrogen and oxygen atoms in total. The summed E-state index contributed by atoms with van der Waals surface area (Å²) < 4.78 is 2.09. The first kappa shape index (κ1) is 15.4. The van der Waals surface area contributed by atoms with Crippen molar-refractivity contribution in [1.29, 1.82) is 0 Å². The standard InChI is InChI=1S/C15H29N5/c1-11(2)10-16-13(4)15-17-18-19-20(15)14-9-7-5-6-8-12(14)3/h11-14,16H,5-10H2,1-4H3. The summed E-state index contributed by atoms with van der Waals surface area (Å²) in [5.41, 5.74) is 0. The van der Waals surface area contributed by atoms with E-state index in [1.807, 2.05) is 0 Å². The van der Waals surface area contributed by atoms with Crippen LogP contribution in [0.1, 0.15) is 77.7 Å². The monoisotopic (exact) mass is 279 g/mol. The largest absolute Gasteiger partial charge is 0.307 e. The molecule has 1 aliphatic rings. The zero-order valence-electron chi connectivity index (χ0n) is 13.3. The molecule has 3 atom stereocenters. The molecule has 0 radical (unpaired) electrons. The second-order valence-electron chi connectivity index (χ2n) is 6.69. The Morgan fingerprint density at radius 3 is 2.70 bits per heavy atom. The average Bonchev–Trinajstić information content (AvgIpc) is 2.79. The van der Waals surface area contributed by atoms with Crippen LogP contribution in [0.25, 0.3) is 0 Å². The molecule has 0 amide bonds. The average molecular weight is 279 g/mol. The lowest BCUT2D eigenvalue weighted by Gasteiger charge is -2.24. The molecule has 2 rings (SSSR count). The number of hydrogen-bond donors (Lipinski definition) is 1. The maximum atomic E-state index is 4.30. The van der Waals surface area contributed by atoms with Crippen LogP contribution in [0.3, 0.4) is 0 Å². The van der Waals surface area contributed by atoms with Gasteiger partial charge in [-0.2, -0.15) is 0 Å². The molecule has 1 aromatic rings. The van der Waals surface area contributed by atoms with Gasteiger partial charge in [0.1, 0.15) is 0 Å². The molecule has 0 saturated heterocycles. The molecule has 1 heterocycles. The summed E-state index contributed by atoms with van der Waals surface area (Å²) in [5.74, 6) is 2.29. The Labute approximate surface area is 122 Å². The molecule has 1 fully saturated rings. The van der Waals surface area contributed by atoms with Crippen LogP contribution in [0.15, 0.2) is 0 Å². The molecule has 0 aromatic carbocycles. The lowest BCUT2D eigenvalue weighted by Crippen LogP contribution is -2.28. The highest BCUT2D eigenvalue weighted by Crippen LogP contribution is 2.32. The van der Waals surface area contributed by atoms with Crippen LogP contribution in [-0.2, 0) is 0 Å². The molecule has 1 N–H and O–H groups in total. The molecule has 3 unspecified atom stereocenters. The molecule has 20 heavy (non-hydrogen) atoms. The van der Waals surface area contributed by atoms with Crippen LogP contribution in [0.2, 0.25) is 0 Å². The Balaban J connectivity index is 2.10. The molecule has 1 aliphatic carbocycles. The van der Waals surface area contributed by atoms with E-state index in [1.54, 1.807) is 0 Å². The number of aromatic nitrogens is 4. The lowest BCUT2D eigenvalue weighted by atomic mass is 9.97. The zero-order valence-corrected chi connectivity index (χ0v) is 13.3. The lowest BCUT2D eigenvalue weighted by molar-refractivity contribution is 0.288. The molecular formula is C15H29N5. The van der Waals surface area contributed by atoms with Crippen LogP contribution in [0.5, 0.6) is 0 Å². The number of rotatable bonds is 5. The van der Waals surface area contributed by atoms with Crippen molar-refractivity contribution < 1.29 is 0 Å². The van der Waals surface area contributed by atoms with E-state index in [0.717, 1.165) is 12.4 Å². The van der Waals surface area contributed by atoms with E-state index in [9.17, 15) is 0 Å². The van der Waals surface area contributed by atoms with Gasteiger partial charge >= 0.3 is 0 Å². The van der Waals surface area contributed by atoms with Gasteiger partial charge in [-0.1, -0.05) is 40.0 Å². The van der Waals surface area contributed by atoms with E-state index in [-0.39, 0.29) is 6.04 Å². The number of nitrogens with one attached hydrogen (secondary N) is 1. The Bertz CT molecular complexity index is 401. The predicted molar refractivity (Wildman–Crippen MR) is 80.4 cm³/mol. The number of hydrogen-bond acceptors (Lipinski definition) is 4. The Kier molecular flexibility index (Phi) is 5.52. The van der Waals surface area contributed by atoms with E-state index >= 15 is 0 Å².